The van der Waals surface area contributed by atoms with Crippen LogP contribution < -0.4 is 10.1 Å². The minimum absolute atomic E-state index is 0.0255. The molecule has 0 aliphatic rings. The third kappa shape index (κ3) is 3.54. The van der Waals surface area contributed by atoms with Crippen molar-refractivity contribution >= 4 is 11.6 Å². The van der Waals surface area contributed by atoms with Gasteiger partial charge in [-0.15, -0.1) is 0 Å². The molecule has 0 saturated carbocycles. The van der Waals surface area contributed by atoms with Crippen LogP contribution in [0.1, 0.15) is 26.0 Å². The van der Waals surface area contributed by atoms with Gasteiger partial charge in [0, 0.05) is 7.05 Å². The lowest BCUT2D eigenvalue weighted by molar-refractivity contribution is -0.387. The molecule has 0 atom stereocenters. The highest BCUT2D eigenvalue weighted by Crippen LogP contribution is 2.28. The maximum atomic E-state index is 11.0. The molecule has 1 rings (SSSR count). The van der Waals surface area contributed by atoms with Crippen molar-refractivity contribution in [2.24, 2.45) is 5.92 Å². The molecule has 100 valence electrons. The van der Waals surface area contributed by atoms with Gasteiger partial charge in [-0.05, 0) is 19.3 Å². The van der Waals surface area contributed by atoms with Gasteiger partial charge in [-0.2, -0.15) is 4.98 Å². The van der Waals surface area contributed by atoms with Crippen LogP contribution in [-0.2, 0) is 0 Å². The summed E-state index contributed by atoms with van der Waals surface area (Å²) in [5, 5.41) is 13.7. The molecule has 0 radical (unpaired) electrons. The van der Waals surface area contributed by atoms with Gasteiger partial charge in [0.2, 0.25) is 5.95 Å². The molecule has 0 unspecified atom stereocenters. The van der Waals surface area contributed by atoms with Crippen LogP contribution >= 0.6 is 0 Å². The average Bonchev–Trinajstić information content (AvgIpc) is 2.27. The number of aromatic nitrogens is 2. The number of nitro groups is 1. The number of anilines is 1. The fourth-order valence-electron chi connectivity index (χ4n) is 1.35. The molecule has 18 heavy (non-hydrogen) atoms. The number of ether oxygens (including phenoxy) is 1. The largest absolute Gasteiger partial charge is 0.473 e. The van der Waals surface area contributed by atoms with Gasteiger partial charge in [0.05, 0.1) is 11.5 Å². The molecular weight excluding hydrogens is 236 g/mol. The predicted molar refractivity (Wildman–Crippen MR) is 67.9 cm³/mol. The standard InChI is InChI=1S/C11H18N4O3/c1-7(2)5-6-18-10-9(15(16)17)8(3)13-11(12-4)14-10/h7H,5-6H2,1-4H3,(H,12,13,14). The first-order valence-corrected chi connectivity index (χ1v) is 5.79. The molecule has 7 nitrogen and oxygen atoms in total. The van der Waals surface area contributed by atoms with Gasteiger partial charge >= 0.3 is 5.69 Å². The van der Waals surface area contributed by atoms with E-state index in [1.54, 1.807) is 14.0 Å². The van der Waals surface area contributed by atoms with E-state index in [0.717, 1.165) is 6.42 Å². The summed E-state index contributed by atoms with van der Waals surface area (Å²) in [5.74, 6) is 0.811. The van der Waals surface area contributed by atoms with Crippen LogP contribution in [0.4, 0.5) is 11.6 Å². The van der Waals surface area contributed by atoms with Crippen molar-refractivity contribution < 1.29 is 9.66 Å². The maximum absolute atomic E-state index is 11.0. The summed E-state index contributed by atoms with van der Waals surface area (Å²) in [6.45, 7) is 6.08. The Morgan fingerprint density at radius 1 is 1.44 bits per heavy atom. The van der Waals surface area contributed by atoms with Crippen molar-refractivity contribution in [3.63, 3.8) is 0 Å². The van der Waals surface area contributed by atoms with Crippen LogP contribution in [-0.4, -0.2) is 28.5 Å². The number of hydrogen-bond donors (Lipinski definition) is 1. The topological polar surface area (TPSA) is 90.2 Å². The Labute approximate surface area is 106 Å². The number of rotatable bonds is 6. The lowest BCUT2D eigenvalue weighted by Crippen LogP contribution is -2.09. The number of aryl methyl sites for hydroxylation is 1. The normalized spacial score (nSPS) is 10.5. The first-order valence-electron chi connectivity index (χ1n) is 5.79. The Morgan fingerprint density at radius 3 is 2.61 bits per heavy atom. The van der Waals surface area contributed by atoms with E-state index in [0.29, 0.717) is 24.2 Å². The molecule has 1 N–H and O–H groups in total. The fraction of sp³-hybridized carbons (Fsp3) is 0.636. The second kappa shape index (κ2) is 6.13. The average molecular weight is 254 g/mol. The summed E-state index contributed by atoms with van der Waals surface area (Å²) in [5.41, 5.74) is 0.122. The molecule has 0 amide bonds. The summed E-state index contributed by atoms with van der Waals surface area (Å²) in [6.07, 6.45) is 0.815. The number of nitrogens with zero attached hydrogens (tertiary/aromatic N) is 3. The second-order valence-corrected chi connectivity index (χ2v) is 4.32. The Bertz CT molecular complexity index is 435. The molecular formula is C11H18N4O3. The van der Waals surface area contributed by atoms with Crippen LogP contribution in [0, 0.1) is 23.0 Å². The van der Waals surface area contributed by atoms with Crippen LogP contribution in [0.2, 0.25) is 0 Å². The molecule has 0 aliphatic heterocycles. The first-order chi connectivity index (χ1) is 8.45. The van der Waals surface area contributed by atoms with Crippen LogP contribution in [0.25, 0.3) is 0 Å². The Balaban J connectivity index is 2.98. The fourth-order valence-corrected chi connectivity index (χ4v) is 1.35. The highest BCUT2D eigenvalue weighted by atomic mass is 16.6. The molecule has 0 fully saturated rings. The smallest absolute Gasteiger partial charge is 0.352 e. The van der Waals surface area contributed by atoms with Crippen molar-refractivity contribution in [1.29, 1.82) is 0 Å². The second-order valence-electron chi connectivity index (χ2n) is 4.32. The summed E-state index contributed by atoms with van der Waals surface area (Å²) in [4.78, 5) is 18.4. The molecule has 1 aromatic heterocycles. The Hall–Kier alpha value is -1.92. The van der Waals surface area contributed by atoms with Crippen LogP contribution in [0.15, 0.2) is 0 Å². The molecule has 1 heterocycles. The molecule has 0 saturated heterocycles. The van der Waals surface area contributed by atoms with Gasteiger partial charge in [-0.3, -0.25) is 10.1 Å². The van der Waals surface area contributed by atoms with E-state index in [1.165, 1.54) is 0 Å². The van der Waals surface area contributed by atoms with Crippen LogP contribution in [0.3, 0.4) is 0 Å². The zero-order valence-corrected chi connectivity index (χ0v) is 11.1. The van der Waals surface area contributed by atoms with Crippen molar-refractivity contribution in [3.05, 3.63) is 15.8 Å². The molecule has 0 aromatic carbocycles. The molecule has 0 spiro atoms. The Morgan fingerprint density at radius 2 is 2.11 bits per heavy atom. The van der Waals surface area contributed by atoms with E-state index in [2.05, 4.69) is 29.1 Å². The van der Waals surface area contributed by atoms with Gasteiger partial charge in [-0.25, -0.2) is 4.98 Å². The van der Waals surface area contributed by atoms with Gasteiger partial charge in [-0.1, -0.05) is 13.8 Å². The summed E-state index contributed by atoms with van der Waals surface area (Å²) in [6, 6.07) is 0. The van der Waals surface area contributed by atoms with Crippen molar-refractivity contribution in [1.82, 2.24) is 9.97 Å². The van der Waals surface area contributed by atoms with Crippen molar-refractivity contribution in [3.8, 4) is 5.88 Å². The predicted octanol–water partition coefficient (Wildman–Crippen LogP) is 2.16. The van der Waals surface area contributed by atoms with E-state index in [4.69, 9.17) is 4.74 Å². The number of hydrogen-bond acceptors (Lipinski definition) is 6. The van der Waals surface area contributed by atoms with E-state index < -0.39 is 4.92 Å². The third-order valence-electron chi connectivity index (χ3n) is 2.37. The highest BCUT2D eigenvalue weighted by molar-refractivity contribution is 5.48. The van der Waals surface area contributed by atoms with Crippen LogP contribution in [0.5, 0.6) is 5.88 Å². The SMILES string of the molecule is CNc1nc(C)c([N+](=O)[O-])c(OCCC(C)C)n1. The van der Waals surface area contributed by atoms with Gasteiger partial charge in [0.1, 0.15) is 5.69 Å². The molecule has 0 bridgehead atoms. The number of nitrogens with one attached hydrogen (secondary N) is 1. The third-order valence-corrected chi connectivity index (χ3v) is 2.37. The van der Waals surface area contributed by atoms with Gasteiger partial charge < -0.3 is 10.1 Å². The van der Waals surface area contributed by atoms with Crippen molar-refractivity contribution in [2.45, 2.75) is 27.2 Å². The zero-order chi connectivity index (χ0) is 13.7. The van der Waals surface area contributed by atoms with E-state index in [-0.39, 0.29) is 11.6 Å². The summed E-state index contributed by atoms with van der Waals surface area (Å²) >= 11 is 0. The molecule has 0 aliphatic carbocycles. The Kier molecular flexibility index (Phi) is 4.82. The van der Waals surface area contributed by atoms with Gasteiger partial charge in [0.25, 0.3) is 5.88 Å². The van der Waals surface area contributed by atoms with E-state index >= 15 is 0 Å². The van der Waals surface area contributed by atoms with Gasteiger partial charge in [0.15, 0.2) is 0 Å². The molecule has 1 aromatic rings. The quantitative estimate of drug-likeness (QED) is 0.618. The monoisotopic (exact) mass is 254 g/mol. The maximum Gasteiger partial charge on any atom is 0.352 e. The lowest BCUT2D eigenvalue weighted by Gasteiger charge is -2.09. The van der Waals surface area contributed by atoms with E-state index in [1.807, 2.05) is 0 Å². The minimum atomic E-state index is -0.514. The summed E-state index contributed by atoms with van der Waals surface area (Å²) < 4.78 is 5.40. The highest BCUT2D eigenvalue weighted by Gasteiger charge is 2.23. The molecule has 7 heteroatoms. The first kappa shape index (κ1) is 14.1. The lowest BCUT2D eigenvalue weighted by atomic mass is 10.1. The summed E-state index contributed by atoms with van der Waals surface area (Å²) in [7, 11) is 1.65. The zero-order valence-electron chi connectivity index (χ0n) is 11.1. The minimum Gasteiger partial charge on any atom is -0.473 e. The van der Waals surface area contributed by atoms with E-state index in [9.17, 15) is 10.1 Å². The van der Waals surface area contributed by atoms with Crippen molar-refractivity contribution in [2.75, 3.05) is 19.0 Å².